The predicted octanol–water partition coefficient (Wildman–Crippen LogP) is 0.594. The number of carbonyl (C=O) groups is 1. The van der Waals surface area contributed by atoms with Crippen LogP contribution in [0.3, 0.4) is 0 Å². The number of halogens is 1. The molecule has 0 bridgehead atoms. The quantitative estimate of drug-likeness (QED) is 0.607. The Morgan fingerprint density at radius 3 is 3.06 bits per heavy atom. The van der Waals surface area contributed by atoms with Crippen molar-refractivity contribution in [1.82, 2.24) is 25.2 Å². The third-order valence-electron chi connectivity index (χ3n) is 2.22. The molecule has 0 aliphatic rings. The maximum Gasteiger partial charge on any atom is 0.327 e. The van der Waals surface area contributed by atoms with Crippen LogP contribution in [0.15, 0.2) is 22.8 Å². The van der Waals surface area contributed by atoms with Crippen molar-refractivity contribution in [2.75, 3.05) is 7.11 Å². The molecule has 2 aromatic rings. The second-order valence-electron chi connectivity index (χ2n) is 3.46. The molecule has 0 unspecified atom stereocenters. The van der Waals surface area contributed by atoms with Crippen LogP contribution in [0.4, 0.5) is 0 Å². The monoisotopic (exact) mass is 311 g/mol. The number of aromatic nitrogens is 5. The lowest BCUT2D eigenvalue weighted by atomic mass is 10.2. The fourth-order valence-corrected chi connectivity index (χ4v) is 1.75. The molecule has 0 atom stereocenters. The molecule has 0 spiro atoms. The second kappa shape index (κ2) is 5.67. The van der Waals surface area contributed by atoms with Gasteiger partial charge in [0.05, 0.1) is 13.5 Å². The number of hydrogen-bond donors (Lipinski definition) is 0. The number of methoxy groups -OCH3 is 1. The fourth-order valence-electron chi connectivity index (χ4n) is 1.37. The zero-order valence-electron chi connectivity index (χ0n) is 9.58. The highest BCUT2D eigenvalue weighted by Crippen LogP contribution is 2.09. The Morgan fingerprint density at radius 2 is 2.33 bits per heavy atom. The normalized spacial score (nSPS) is 10.3. The third kappa shape index (κ3) is 3.10. The van der Waals surface area contributed by atoms with E-state index in [-0.39, 0.29) is 6.54 Å². The summed E-state index contributed by atoms with van der Waals surface area (Å²) in [5, 5.41) is 11.1. The molecule has 8 heteroatoms. The van der Waals surface area contributed by atoms with Crippen molar-refractivity contribution < 1.29 is 9.53 Å². The lowest BCUT2D eigenvalue weighted by molar-refractivity contribution is -0.141. The van der Waals surface area contributed by atoms with E-state index >= 15 is 0 Å². The maximum atomic E-state index is 11.2. The van der Waals surface area contributed by atoms with E-state index in [1.807, 2.05) is 18.2 Å². The molecular formula is C10H10BrN5O2. The molecule has 0 fully saturated rings. The number of esters is 1. The van der Waals surface area contributed by atoms with Gasteiger partial charge in [-0.25, -0.2) is 9.67 Å². The van der Waals surface area contributed by atoms with Crippen molar-refractivity contribution in [3.8, 4) is 0 Å². The van der Waals surface area contributed by atoms with Gasteiger partial charge in [-0.2, -0.15) is 0 Å². The van der Waals surface area contributed by atoms with Crippen LogP contribution in [0.1, 0.15) is 11.5 Å². The van der Waals surface area contributed by atoms with Crippen LogP contribution in [-0.2, 0) is 22.5 Å². The molecule has 18 heavy (non-hydrogen) atoms. The maximum absolute atomic E-state index is 11.2. The van der Waals surface area contributed by atoms with Crippen LogP contribution < -0.4 is 0 Å². The molecule has 0 N–H and O–H groups in total. The van der Waals surface area contributed by atoms with Gasteiger partial charge >= 0.3 is 5.97 Å². The smallest absolute Gasteiger partial charge is 0.327 e. The summed E-state index contributed by atoms with van der Waals surface area (Å²) in [4.78, 5) is 15.5. The van der Waals surface area contributed by atoms with Crippen molar-refractivity contribution in [3.05, 3.63) is 34.3 Å². The zero-order chi connectivity index (χ0) is 13.0. The number of carbonyl (C=O) groups excluding carboxylic acids is 1. The van der Waals surface area contributed by atoms with Crippen molar-refractivity contribution >= 4 is 21.9 Å². The summed E-state index contributed by atoms with van der Waals surface area (Å²) in [6.07, 6.45) is 0.448. The van der Waals surface area contributed by atoms with Crippen molar-refractivity contribution in [1.29, 1.82) is 0 Å². The van der Waals surface area contributed by atoms with E-state index in [0.717, 1.165) is 10.3 Å². The highest BCUT2D eigenvalue weighted by Gasteiger charge is 2.11. The van der Waals surface area contributed by atoms with E-state index in [4.69, 9.17) is 0 Å². The zero-order valence-corrected chi connectivity index (χ0v) is 11.2. The van der Waals surface area contributed by atoms with Crippen LogP contribution in [0.2, 0.25) is 0 Å². The van der Waals surface area contributed by atoms with Gasteiger partial charge in [0, 0.05) is 5.69 Å². The second-order valence-corrected chi connectivity index (χ2v) is 4.27. The van der Waals surface area contributed by atoms with Gasteiger partial charge in [0.2, 0.25) is 0 Å². The van der Waals surface area contributed by atoms with Gasteiger partial charge < -0.3 is 4.74 Å². The summed E-state index contributed by atoms with van der Waals surface area (Å²) in [5.41, 5.74) is 0.810. The molecule has 0 radical (unpaired) electrons. The fraction of sp³-hybridized carbons (Fsp3) is 0.300. The SMILES string of the molecule is COC(=O)Cn1nnnc1Cc1cccc(Br)n1. The van der Waals surface area contributed by atoms with Gasteiger partial charge in [-0.05, 0) is 38.5 Å². The summed E-state index contributed by atoms with van der Waals surface area (Å²) >= 11 is 3.29. The molecule has 94 valence electrons. The van der Waals surface area contributed by atoms with Gasteiger partial charge in [0.15, 0.2) is 5.82 Å². The highest BCUT2D eigenvalue weighted by atomic mass is 79.9. The lowest BCUT2D eigenvalue weighted by Crippen LogP contribution is -2.16. The van der Waals surface area contributed by atoms with E-state index in [1.165, 1.54) is 11.8 Å². The molecule has 0 saturated heterocycles. The minimum Gasteiger partial charge on any atom is -0.468 e. The Labute approximate surface area is 111 Å². The van der Waals surface area contributed by atoms with Crippen LogP contribution in [-0.4, -0.2) is 38.3 Å². The van der Waals surface area contributed by atoms with Gasteiger partial charge in [-0.3, -0.25) is 4.79 Å². The predicted molar refractivity (Wildman–Crippen MR) is 64.6 cm³/mol. The molecule has 0 aliphatic heterocycles. The first-order valence-electron chi connectivity index (χ1n) is 5.12. The molecule has 0 saturated carbocycles. The summed E-state index contributed by atoms with van der Waals surface area (Å²) in [7, 11) is 1.32. The number of ether oxygens (including phenoxy) is 1. The number of rotatable bonds is 4. The first-order valence-corrected chi connectivity index (χ1v) is 5.91. The minimum atomic E-state index is -0.397. The Bertz CT molecular complexity index is 557. The Kier molecular flexibility index (Phi) is 3.98. The topological polar surface area (TPSA) is 82.8 Å². The van der Waals surface area contributed by atoms with Gasteiger partial charge in [0.25, 0.3) is 0 Å². The standard InChI is InChI=1S/C10H10BrN5O2/c1-18-10(17)6-16-9(13-14-15-16)5-7-3-2-4-8(11)12-7/h2-4H,5-6H2,1H3. The average molecular weight is 312 g/mol. The Morgan fingerprint density at radius 1 is 1.50 bits per heavy atom. The molecular weight excluding hydrogens is 302 g/mol. The van der Waals surface area contributed by atoms with Crippen LogP contribution in [0.5, 0.6) is 0 Å². The third-order valence-corrected chi connectivity index (χ3v) is 2.67. The molecule has 2 rings (SSSR count). The van der Waals surface area contributed by atoms with Crippen LogP contribution in [0.25, 0.3) is 0 Å². The van der Waals surface area contributed by atoms with Crippen molar-refractivity contribution in [2.24, 2.45) is 0 Å². The van der Waals surface area contributed by atoms with E-state index in [1.54, 1.807) is 0 Å². The number of hydrogen-bond acceptors (Lipinski definition) is 6. The molecule has 0 aromatic carbocycles. The summed E-state index contributed by atoms with van der Waals surface area (Å²) in [6.45, 7) is -0.00711. The number of pyridine rings is 1. The van der Waals surface area contributed by atoms with E-state index in [2.05, 4.69) is 41.2 Å². The largest absolute Gasteiger partial charge is 0.468 e. The molecule has 2 heterocycles. The van der Waals surface area contributed by atoms with Gasteiger partial charge in [0.1, 0.15) is 11.1 Å². The van der Waals surface area contributed by atoms with E-state index in [0.29, 0.717) is 12.2 Å². The molecule has 7 nitrogen and oxygen atoms in total. The number of nitrogens with zero attached hydrogens (tertiary/aromatic N) is 5. The number of tetrazole rings is 1. The van der Waals surface area contributed by atoms with Crippen molar-refractivity contribution in [2.45, 2.75) is 13.0 Å². The molecule has 0 amide bonds. The van der Waals surface area contributed by atoms with Gasteiger partial charge in [-0.1, -0.05) is 6.07 Å². The molecule has 0 aliphatic carbocycles. The van der Waals surface area contributed by atoms with Crippen LogP contribution >= 0.6 is 15.9 Å². The Balaban J connectivity index is 2.15. The Hall–Kier alpha value is -1.83. The molecule has 2 aromatic heterocycles. The summed E-state index contributed by atoms with van der Waals surface area (Å²) in [5.74, 6) is 0.164. The highest BCUT2D eigenvalue weighted by molar-refractivity contribution is 9.10. The van der Waals surface area contributed by atoms with Crippen LogP contribution in [0, 0.1) is 0 Å². The summed E-state index contributed by atoms with van der Waals surface area (Å²) < 4.78 is 6.71. The average Bonchev–Trinajstić information content (AvgIpc) is 2.76. The first kappa shape index (κ1) is 12.6. The van der Waals surface area contributed by atoms with E-state index < -0.39 is 5.97 Å². The van der Waals surface area contributed by atoms with Gasteiger partial charge in [-0.15, -0.1) is 5.10 Å². The minimum absolute atomic E-state index is 0.00711. The van der Waals surface area contributed by atoms with Crippen molar-refractivity contribution in [3.63, 3.8) is 0 Å². The first-order chi connectivity index (χ1) is 8.69. The van der Waals surface area contributed by atoms with E-state index in [9.17, 15) is 4.79 Å². The lowest BCUT2D eigenvalue weighted by Gasteiger charge is -2.03. The summed E-state index contributed by atoms with van der Waals surface area (Å²) in [6, 6.07) is 5.57.